The van der Waals surface area contributed by atoms with Crippen molar-refractivity contribution in [2.45, 2.75) is 32.0 Å². The standard InChI is InChI=1S/C17H12ClF3N4OS/c1-8(2)25-15(17(19,20)21)11(7-23-25)14(26)10(6-22)16-24-12-5-9(18)3-4-13(12)27-16/h3-5,7-8,10H,1-2H3. The maximum Gasteiger partial charge on any atom is 0.433 e. The van der Waals surface area contributed by atoms with Crippen molar-refractivity contribution in [2.24, 2.45) is 0 Å². The number of alkyl halides is 3. The second-order valence-corrected chi connectivity index (χ2v) is 7.53. The van der Waals surface area contributed by atoms with Crippen LogP contribution in [0.15, 0.2) is 24.4 Å². The summed E-state index contributed by atoms with van der Waals surface area (Å²) in [7, 11) is 0. The quantitative estimate of drug-likeness (QED) is 0.549. The number of Topliss-reactive ketones (excluding diaryl/α,β-unsaturated/α-hetero) is 1. The molecule has 0 radical (unpaired) electrons. The van der Waals surface area contributed by atoms with Gasteiger partial charge in [-0.1, -0.05) is 11.6 Å². The van der Waals surface area contributed by atoms with E-state index in [4.69, 9.17) is 11.6 Å². The molecule has 0 saturated carbocycles. The molecule has 1 aromatic carbocycles. The molecular formula is C17H12ClF3N4OS. The van der Waals surface area contributed by atoms with E-state index in [0.29, 0.717) is 15.2 Å². The van der Waals surface area contributed by atoms with E-state index in [9.17, 15) is 23.2 Å². The van der Waals surface area contributed by atoms with Gasteiger partial charge in [-0.2, -0.15) is 23.5 Å². The van der Waals surface area contributed by atoms with Crippen molar-refractivity contribution in [1.82, 2.24) is 14.8 Å². The molecule has 0 aliphatic rings. The number of nitrogens with zero attached hydrogens (tertiary/aromatic N) is 4. The summed E-state index contributed by atoms with van der Waals surface area (Å²) in [5.74, 6) is -2.45. The van der Waals surface area contributed by atoms with Gasteiger partial charge in [0.05, 0.1) is 28.0 Å². The number of aromatic nitrogens is 3. The molecule has 0 spiro atoms. The number of carbonyl (C=O) groups excluding carboxylic acids is 1. The Balaban J connectivity index is 2.09. The highest BCUT2D eigenvalue weighted by Gasteiger charge is 2.42. The molecule has 1 unspecified atom stereocenters. The minimum atomic E-state index is -4.78. The molecule has 0 N–H and O–H groups in total. The van der Waals surface area contributed by atoms with E-state index >= 15 is 0 Å². The first kappa shape index (κ1) is 19.3. The van der Waals surface area contributed by atoms with Crippen LogP contribution in [-0.2, 0) is 6.18 Å². The lowest BCUT2D eigenvalue weighted by Gasteiger charge is -2.15. The van der Waals surface area contributed by atoms with Crippen LogP contribution in [0.1, 0.15) is 46.9 Å². The third kappa shape index (κ3) is 3.55. The molecule has 2 aromatic heterocycles. The summed E-state index contributed by atoms with van der Waals surface area (Å²) < 4.78 is 42.0. The fourth-order valence-electron chi connectivity index (χ4n) is 2.64. The van der Waals surface area contributed by atoms with Crippen molar-refractivity contribution < 1.29 is 18.0 Å². The molecule has 0 saturated heterocycles. The minimum Gasteiger partial charge on any atom is -0.292 e. The van der Waals surface area contributed by atoms with Crippen LogP contribution < -0.4 is 0 Å². The third-order valence-corrected chi connectivity index (χ3v) is 5.16. The van der Waals surface area contributed by atoms with Crippen molar-refractivity contribution in [3.8, 4) is 6.07 Å². The van der Waals surface area contributed by atoms with Crippen molar-refractivity contribution in [3.05, 3.63) is 45.7 Å². The molecule has 5 nitrogen and oxygen atoms in total. The number of ketones is 1. The highest BCUT2D eigenvalue weighted by Crippen LogP contribution is 2.37. The lowest BCUT2D eigenvalue weighted by atomic mass is 9.99. The largest absolute Gasteiger partial charge is 0.433 e. The Bertz CT molecular complexity index is 1060. The number of nitriles is 1. The fourth-order valence-corrected chi connectivity index (χ4v) is 3.80. The summed E-state index contributed by atoms with van der Waals surface area (Å²) in [6, 6.07) is 6.03. The van der Waals surface area contributed by atoms with Gasteiger partial charge in [-0.3, -0.25) is 9.48 Å². The SMILES string of the molecule is CC(C)n1ncc(C(=O)C(C#N)c2nc3cc(Cl)ccc3s2)c1C(F)(F)F. The average molecular weight is 413 g/mol. The summed E-state index contributed by atoms with van der Waals surface area (Å²) in [6.07, 6.45) is -3.92. The van der Waals surface area contributed by atoms with E-state index in [0.717, 1.165) is 22.2 Å². The monoisotopic (exact) mass is 412 g/mol. The zero-order valence-electron chi connectivity index (χ0n) is 14.1. The predicted molar refractivity (Wildman–Crippen MR) is 94.9 cm³/mol. The zero-order valence-corrected chi connectivity index (χ0v) is 15.7. The molecule has 0 aliphatic heterocycles. The maximum absolute atomic E-state index is 13.5. The van der Waals surface area contributed by atoms with Crippen LogP contribution in [0.2, 0.25) is 5.02 Å². The first-order chi connectivity index (χ1) is 12.6. The molecular weight excluding hydrogens is 401 g/mol. The van der Waals surface area contributed by atoms with Gasteiger partial charge in [-0.05, 0) is 32.0 Å². The molecule has 3 rings (SSSR count). The van der Waals surface area contributed by atoms with Crippen LogP contribution in [0.5, 0.6) is 0 Å². The number of rotatable bonds is 4. The first-order valence-corrected chi connectivity index (χ1v) is 8.97. The summed E-state index contributed by atoms with van der Waals surface area (Å²) in [5, 5.41) is 13.7. The van der Waals surface area contributed by atoms with Crippen molar-refractivity contribution in [1.29, 1.82) is 5.26 Å². The number of halogens is 4. The predicted octanol–water partition coefficient (Wildman–Crippen LogP) is 5.24. The topological polar surface area (TPSA) is 71.6 Å². The highest BCUT2D eigenvalue weighted by atomic mass is 35.5. The number of thiazole rings is 1. The van der Waals surface area contributed by atoms with Crippen molar-refractivity contribution in [3.63, 3.8) is 0 Å². The molecule has 140 valence electrons. The maximum atomic E-state index is 13.5. The van der Waals surface area contributed by atoms with Gasteiger partial charge in [-0.25, -0.2) is 4.98 Å². The Hall–Kier alpha value is -2.44. The Kier molecular flexibility index (Phi) is 4.97. The molecule has 1 atom stereocenters. The van der Waals surface area contributed by atoms with Gasteiger partial charge in [0.2, 0.25) is 0 Å². The van der Waals surface area contributed by atoms with Gasteiger partial charge in [0, 0.05) is 11.1 Å². The van der Waals surface area contributed by atoms with E-state index in [1.807, 2.05) is 0 Å². The van der Waals surface area contributed by atoms with Crippen LogP contribution in [0, 0.1) is 11.3 Å². The fraction of sp³-hybridized carbons (Fsp3) is 0.294. The van der Waals surface area contributed by atoms with Crippen LogP contribution in [0.4, 0.5) is 13.2 Å². The Morgan fingerprint density at radius 3 is 2.67 bits per heavy atom. The van der Waals surface area contributed by atoms with E-state index in [1.54, 1.807) is 24.3 Å². The van der Waals surface area contributed by atoms with Gasteiger partial charge >= 0.3 is 6.18 Å². The lowest BCUT2D eigenvalue weighted by molar-refractivity contribution is -0.145. The van der Waals surface area contributed by atoms with E-state index in [-0.39, 0.29) is 5.01 Å². The van der Waals surface area contributed by atoms with E-state index in [1.165, 1.54) is 13.8 Å². The van der Waals surface area contributed by atoms with Gasteiger partial charge in [-0.15, -0.1) is 11.3 Å². The molecule has 27 heavy (non-hydrogen) atoms. The second-order valence-electron chi connectivity index (χ2n) is 6.03. The summed E-state index contributed by atoms with van der Waals surface area (Å²) in [4.78, 5) is 17.0. The lowest BCUT2D eigenvalue weighted by Crippen LogP contribution is -2.21. The third-order valence-electron chi connectivity index (χ3n) is 3.82. The molecule has 2 heterocycles. The van der Waals surface area contributed by atoms with Crippen LogP contribution in [0.3, 0.4) is 0 Å². The van der Waals surface area contributed by atoms with Crippen molar-refractivity contribution in [2.75, 3.05) is 0 Å². The molecule has 10 heteroatoms. The summed E-state index contributed by atoms with van der Waals surface area (Å²) >= 11 is 6.97. The van der Waals surface area contributed by atoms with Gasteiger partial charge < -0.3 is 0 Å². The van der Waals surface area contributed by atoms with Gasteiger partial charge in [0.1, 0.15) is 5.01 Å². The normalized spacial score (nSPS) is 13.1. The number of carbonyl (C=O) groups is 1. The Morgan fingerprint density at radius 2 is 2.07 bits per heavy atom. The molecule has 0 bridgehead atoms. The highest BCUT2D eigenvalue weighted by molar-refractivity contribution is 7.18. The Morgan fingerprint density at radius 1 is 1.37 bits per heavy atom. The number of benzene rings is 1. The molecule has 3 aromatic rings. The number of hydrogen-bond donors (Lipinski definition) is 0. The first-order valence-electron chi connectivity index (χ1n) is 7.78. The molecule has 0 amide bonds. The zero-order chi connectivity index (χ0) is 19.9. The summed E-state index contributed by atoms with van der Waals surface area (Å²) in [6.45, 7) is 3.05. The number of hydrogen-bond acceptors (Lipinski definition) is 5. The average Bonchev–Trinajstić information content (AvgIpc) is 3.18. The van der Waals surface area contributed by atoms with Crippen LogP contribution in [-0.4, -0.2) is 20.5 Å². The number of fused-ring (bicyclic) bond motifs is 1. The second kappa shape index (κ2) is 6.94. The molecule has 0 fully saturated rings. The Labute approximate surface area is 161 Å². The summed E-state index contributed by atoms with van der Waals surface area (Å²) in [5.41, 5.74) is -1.32. The minimum absolute atomic E-state index is 0.116. The van der Waals surface area contributed by atoms with Gasteiger partial charge in [0.25, 0.3) is 0 Å². The molecule has 0 aliphatic carbocycles. The smallest absolute Gasteiger partial charge is 0.292 e. The van der Waals surface area contributed by atoms with E-state index in [2.05, 4.69) is 10.1 Å². The van der Waals surface area contributed by atoms with Crippen LogP contribution in [0.25, 0.3) is 10.2 Å². The van der Waals surface area contributed by atoms with E-state index < -0.39 is 35.2 Å². The van der Waals surface area contributed by atoms with Crippen LogP contribution >= 0.6 is 22.9 Å². The van der Waals surface area contributed by atoms with Crippen molar-refractivity contribution >= 4 is 38.9 Å². The van der Waals surface area contributed by atoms with Gasteiger partial charge in [0.15, 0.2) is 17.4 Å².